The van der Waals surface area contributed by atoms with Gasteiger partial charge < -0.3 is 15.0 Å². The summed E-state index contributed by atoms with van der Waals surface area (Å²) >= 11 is 1.31. The Bertz CT molecular complexity index is 1140. The van der Waals surface area contributed by atoms with E-state index in [0.717, 1.165) is 36.6 Å². The number of anilines is 2. The standard InChI is InChI=1S/C17H16N2O2.C6H9N3OS.C2H6.C2H2/c20-14-7-9-19(10-8-14)16-6-5-13-11-12-3-1-2-4-15(12)21-17(13)18-16;1-4(2)5(10)8-6-9-7-3-11-6;2*1-2/h1-6H,7-11H2;3-4H,1-2H3,(H,8,9,10);1-2H3;1-2H. The minimum atomic E-state index is -0.0262. The maximum absolute atomic E-state index is 11.3. The van der Waals surface area contributed by atoms with Gasteiger partial charge in [-0.25, -0.2) is 0 Å². The van der Waals surface area contributed by atoms with Crippen LogP contribution in [0.1, 0.15) is 51.7 Å². The summed E-state index contributed by atoms with van der Waals surface area (Å²) in [6.07, 6.45) is 10.1. The van der Waals surface area contributed by atoms with Crippen LogP contribution in [0.5, 0.6) is 11.6 Å². The number of aromatic nitrogens is 3. The predicted molar refractivity (Wildman–Crippen MR) is 145 cm³/mol. The SMILES string of the molecule is C#C.CC.CC(C)C(=O)Nc1nncs1.O=C1CCN(c2ccc3c(n2)Oc2ccccc2C3)CC1. The lowest BCUT2D eigenvalue weighted by Gasteiger charge is -2.28. The fraction of sp³-hybridized carbons (Fsp3) is 0.370. The van der Waals surface area contributed by atoms with Crippen molar-refractivity contribution in [3.8, 4) is 24.5 Å². The zero-order valence-corrected chi connectivity index (χ0v) is 22.0. The highest BCUT2D eigenvalue weighted by Gasteiger charge is 2.22. The van der Waals surface area contributed by atoms with Gasteiger partial charge in [0, 0.05) is 43.8 Å². The zero-order chi connectivity index (χ0) is 26.5. The van der Waals surface area contributed by atoms with Gasteiger partial charge in [0.25, 0.3) is 0 Å². The monoisotopic (exact) mass is 507 g/mol. The van der Waals surface area contributed by atoms with E-state index in [2.05, 4.69) is 50.4 Å². The molecule has 0 spiro atoms. The number of terminal acetylenes is 1. The van der Waals surface area contributed by atoms with Crippen LogP contribution < -0.4 is 15.0 Å². The first-order valence-electron chi connectivity index (χ1n) is 11.9. The Morgan fingerprint density at radius 3 is 2.42 bits per heavy atom. The van der Waals surface area contributed by atoms with E-state index in [1.165, 1.54) is 16.9 Å². The third-order valence-corrected chi connectivity index (χ3v) is 5.85. The Morgan fingerprint density at radius 1 is 1.08 bits per heavy atom. The molecular weight excluding hydrogens is 474 g/mol. The number of nitrogens with zero attached hydrogens (tertiary/aromatic N) is 4. The molecule has 0 aliphatic carbocycles. The number of hydrogen-bond acceptors (Lipinski definition) is 8. The number of piperidine rings is 1. The summed E-state index contributed by atoms with van der Waals surface area (Å²) in [6, 6.07) is 12.2. The lowest BCUT2D eigenvalue weighted by molar-refractivity contribution is -0.120. The Labute approximate surface area is 217 Å². The highest BCUT2D eigenvalue weighted by atomic mass is 32.1. The average Bonchev–Trinajstić information content (AvgIpc) is 3.43. The van der Waals surface area contributed by atoms with E-state index >= 15 is 0 Å². The number of ketones is 1. The first-order chi connectivity index (χ1) is 17.5. The van der Waals surface area contributed by atoms with Crippen LogP contribution in [0.2, 0.25) is 0 Å². The van der Waals surface area contributed by atoms with Crippen LogP contribution in [0.25, 0.3) is 0 Å². The van der Waals surface area contributed by atoms with Gasteiger partial charge >= 0.3 is 0 Å². The summed E-state index contributed by atoms with van der Waals surface area (Å²) in [5.74, 6) is 2.79. The number of ether oxygens (including phenoxy) is 1. The number of fused-ring (bicyclic) bond motifs is 2. The van der Waals surface area contributed by atoms with Crippen molar-refractivity contribution >= 4 is 34.0 Å². The molecule has 9 heteroatoms. The van der Waals surface area contributed by atoms with Crippen molar-refractivity contribution in [2.75, 3.05) is 23.3 Å². The van der Waals surface area contributed by atoms with Crippen molar-refractivity contribution in [3.63, 3.8) is 0 Å². The second kappa shape index (κ2) is 14.6. The van der Waals surface area contributed by atoms with E-state index in [1.807, 2.05) is 52.0 Å². The number of carbonyl (C=O) groups excluding carboxylic acids is 2. The number of benzene rings is 1. The van der Waals surface area contributed by atoms with Crippen molar-refractivity contribution in [1.82, 2.24) is 15.2 Å². The van der Waals surface area contributed by atoms with Gasteiger partial charge in [-0.2, -0.15) is 4.98 Å². The molecular formula is C27H33N5O3S. The van der Waals surface area contributed by atoms with Crippen LogP contribution in [0, 0.1) is 18.8 Å². The lowest BCUT2D eigenvalue weighted by atomic mass is 10.0. The second-order valence-corrected chi connectivity index (χ2v) is 8.77. The van der Waals surface area contributed by atoms with Gasteiger partial charge in [-0.1, -0.05) is 57.2 Å². The Kier molecular flexibility index (Phi) is 11.5. The van der Waals surface area contributed by atoms with E-state index in [1.54, 1.807) is 5.51 Å². The molecule has 5 rings (SSSR count). The van der Waals surface area contributed by atoms with Crippen molar-refractivity contribution < 1.29 is 14.3 Å². The van der Waals surface area contributed by atoms with E-state index in [0.29, 0.717) is 29.6 Å². The molecule has 36 heavy (non-hydrogen) atoms. The highest BCUT2D eigenvalue weighted by Crippen LogP contribution is 2.36. The minimum absolute atomic E-state index is 0.0149. The summed E-state index contributed by atoms with van der Waals surface area (Å²) in [5, 5.41) is 10.4. The third-order valence-electron chi connectivity index (χ3n) is 5.24. The number of nitrogens with one attached hydrogen (secondary N) is 1. The van der Waals surface area contributed by atoms with Gasteiger partial charge in [0.1, 0.15) is 22.9 Å². The van der Waals surface area contributed by atoms with Crippen molar-refractivity contribution in [2.24, 2.45) is 5.92 Å². The van der Waals surface area contributed by atoms with E-state index in [9.17, 15) is 9.59 Å². The first kappa shape index (κ1) is 28.5. The number of carbonyl (C=O) groups is 2. The maximum Gasteiger partial charge on any atom is 0.228 e. The summed E-state index contributed by atoms with van der Waals surface area (Å²) in [7, 11) is 0. The van der Waals surface area contributed by atoms with Crippen LogP contribution in [-0.4, -0.2) is 40.0 Å². The fourth-order valence-electron chi connectivity index (χ4n) is 3.38. The molecule has 2 aromatic heterocycles. The summed E-state index contributed by atoms with van der Waals surface area (Å²) in [6.45, 7) is 9.16. The Balaban J connectivity index is 0.000000259. The van der Waals surface area contributed by atoms with E-state index in [-0.39, 0.29) is 11.8 Å². The minimum Gasteiger partial charge on any atom is -0.438 e. The van der Waals surface area contributed by atoms with Crippen LogP contribution >= 0.6 is 11.3 Å². The number of pyridine rings is 1. The molecule has 1 amide bonds. The average molecular weight is 508 g/mol. The van der Waals surface area contributed by atoms with E-state index in [4.69, 9.17) is 4.74 Å². The lowest BCUT2D eigenvalue weighted by Crippen LogP contribution is -2.34. The molecule has 0 atom stereocenters. The normalized spacial score (nSPS) is 13.2. The molecule has 4 heterocycles. The van der Waals surface area contributed by atoms with Crippen molar-refractivity contribution in [2.45, 2.75) is 47.0 Å². The number of para-hydroxylation sites is 1. The molecule has 0 radical (unpaired) electrons. The summed E-state index contributed by atoms with van der Waals surface area (Å²) in [5.41, 5.74) is 3.89. The quantitative estimate of drug-likeness (QED) is 0.373. The molecule has 2 aliphatic heterocycles. The molecule has 0 bridgehead atoms. The van der Waals surface area contributed by atoms with Gasteiger partial charge in [-0.3, -0.25) is 9.59 Å². The topological polar surface area (TPSA) is 97.3 Å². The van der Waals surface area contributed by atoms with Crippen LogP contribution in [0.3, 0.4) is 0 Å². The zero-order valence-electron chi connectivity index (χ0n) is 21.2. The maximum atomic E-state index is 11.3. The molecule has 1 saturated heterocycles. The molecule has 190 valence electrons. The number of amides is 1. The largest absolute Gasteiger partial charge is 0.438 e. The number of Topliss-reactive ketones (excluding diaryl/α,β-unsaturated/α-hetero) is 1. The highest BCUT2D eigenvalue weighted by molar-refractivity contribution is 7.13. The molecule has 3 aromatic rings. The molecule has 8 nitrogen and oxygen atoms in total. The molecule has 1 aromatic carbocycles. The van der Waals surface area contributed by atoms with Gasteiger partial charge in [0.2, 0.25) is 16.9 Å². The van der Waals surface area contributed by atoms with Crippen LogP contribution in [0.15, 0.2) is 41.9 Å². The molecule has 2 aliphatic rings. The molecule has 1 N–H and O–H groups in total. The molecule has 1 fully saturated rings. The Morgan fingerprint density at radius 2 is 1.78 bits per heavy atom. The van der Waals surface area contributed by atoms with Gasteiger partial charge in [-0.05, 0) is 23.8 Å². The van der Waals surface area contributed by atoms with Gasteiger partial charge in [0.15, 0.2) is 0 Å². The smallest absolute Gasteiger partial charge is 0.228 e. The molecule has 0 saturated carbocycles. The van der Waals surface area contributed by atoms with Crippen molar-refractivity contribution in [1.29, 1.82) is 0 Å². The third kappa shape index (κ3) is 7.89. The number of rotatable bonds is 3. The summed E-state index contributed by atoms with van der Waals surface area (Å²) < 4.78 is 5.93. The predicted octanol–water partition coefficient (Wildman–Crippen LogP) is 5.36. The van der Waals surface area contributed by atoms with Crippen molar-refractivity contribution in [3.05, 3.63) is 53.0 Å². The van der Waals surface area contributed by atoms with E-state index < -0.39 is 0 Å². The first-order valence-corrected chi connectivity index (χ1v) is 12.8. The summed E-state index contributed by atoms with van der Waals surface area (Å²) in [4.78, 5) is 29.2. The Hall–Kier alpha value is -3.77. The molecule has 0 unspecified atom stereocenters. The van der Waals surface area contributed by atoms with Crippen LogP contribution in [0.4, 0.5) is 10.9 Å². The van der Waals surface area contributed by atoms with Gasteiger partial charge in [-0.15, -0.1) is 23.0 Å². The fourth-order valence-corrected chi connectivity index (χ4v) is 3.83. The number of hydrogen-bond donors (Lipinski definition) is 1. The van der Waals surface area contributed by atoms with Crippen LogP contribution in [-0.2, 0) is 16.0 Å². The second-order valence-electron chi connectivity index (χ2n) is 7.93. The van der Waals surface area contributed by atoms with Gasteiger partial charge in [0.05, 0.1) is 0 Å².